The van der Waals surface area contributed by atoms with Crippen molar-refractivity contribution in [2.75, 3.05) is 19.6 Å². The highest BCUT2D eigenvalue weighted by molar-refractivity contribution is 4.87. The minimum absolute atomic E-state index is 0.834. The molecule has 0 aromatic heterocycles. The highest BCUT2D eigenvalue weighted by Crippen LogP contribution is 2.22. The second kappa shape index (κ2) is 6.41. The molecule has 1 saturated heterocycles. The van der Waals surface area contributed by atoms with E-state index < -0.39 is 0 Å². The monoisotopic (exact) mass is 198 g/mol. The van der Waals surface area contributed by atoms with E-state index in [4.69, 9.17) is 0 Å². The van der Waals surface area contributed by atoms with Crippen LogP contribution >= 0.6 is 0 Å². The van der Waals surface area contributed by atoms with E-state index in [1.165, 1.54) is 45.3 Å². The molecule has 2 rings (SSSR count). The van der Waals surface area contributed by atoms with Gasteiger partial charge in [-0.15, -0.1) is 0 Å². The van der Waals surface area contributed by atoms with Crippen LogP contribution in [0.15, 0.2) is 0 Å². The Bertz CT molecular complexity index is 135. The molecule has 0 bridgehead atoms. The Hall–Kier alpha value is -0.0800. The molecule has 2 nitrogen and oxygen atoms in total. The maximum absolute atomic E-state index is 3.71. The third-order valence-corrected chi connectivity index (χ3v) is 3.08. The number of hydrogen-bond donors (Lipinski definition) is 1. The molecule has 1 heterocycles. The fraction of sp³-hybridized carbons (Fsp3) is 1.00. The second-order valence-electron chi connectivity index (χ2n) is 4.15. The topological polar surface area (TPSA) is 15.3 Å². The lowest BCUT2D eigenvalue weighted by molar-refractivity contribution is 0.206. The predicted octanol–water partition coefficient (Wildman–Crippen LogP) is 2.25. The SMILES string of the molecule is CC.CCN1CCC(NC2CC2)CC1. The highest BCUT2D eigenvalue weighted by Gasteiger charge is 2.26. The molecule has 0 radical (unpaired) electrons. The molecular weight excluding hydrogens is 172 g/mol. The van der Waals surface area contributed by atoms with Gasteiger partial charge in [0.2, 0.25) is 0 Å². The Morgan fingerprint density at radius 1 is 1.00 bits per heavy atom. The van der Waals surface area contributed by atoms with Crippen LogP contribution in [-0.4, -0.2) is 36.6 Å². The molecule has 14 heavy (non-hydrogen) atoms. The maximum atomic E-state index is 3.71. The maximum Gasteiger partial charge on any atom is 0.00940 e. The van der Waals surface area contributed by atoms with Gasteiger partial charge in [0.25, 0.3) is 0 Å². The van der Waals surface area contributed by atoms with Crippen LogP contribution in [0.4, 0.5) is 0 Å². The van der Waals surface area contributed by atoms with E-state index in [0.29, 0.717) is 0 Å². The molecule has 1 N–H and O–H groups in total. The van der Waals surface area contributed by atoms with Gasteiger partial charge in [0.1, 0.15) is 0 Å². The first kappa shape index (κ1) is 12.0. The zero-order valence-electron chi connectivity index (χ0n) is 10.1. The van der Waals surface area contributed by atoms with Crippen molar-refractivity contribution in [3.63, 3.8) is 0 Å². The van der Waals surface area contributed by atoms with Gasteiger partial charge in [-0.05, 0) is 45.3 Å². The zero-order chi connectivity index (χ0) is 10.4. The molecular formula is C12H26N2. The van der Waals surface area contributed by atoms with Crippen LogP contribution in [0.2, 0.25) is 0 Å². The fourth-order valence-electron chi connectivity index (χ4n) is 2.00. The van der Waals surface area contributed by atoms with Gasteiger partial charge in [0, 0.05) is 12.1 Å². The summed E-state index contributed by atoms with van der Waals surface area (Å²) in [7, 11) is 0. The van der Waals surface area contributed by atoms with Gasteiger partial charge in [-0.1, -0.05) is 20.8 Å². The van der Waals surface area contributed by atoms with Crippen molar-refractivity contribution in [2.45, 2.75) is 58.5 Å². The van der Waals surface area contributed by atoms with E-state index in [9.17, 15) is 0 Å². The van der Waals surface area contributed by atoms with Crippen LogP contribution in [0.3, 0.4) is 0 Å². The summed E-state index contributed by atoms with van der Waals surface area (Å²) in [6.45, 7) is 10.1. The van der Waals surface area contributed by atoms with Crippen molar-refractivity contribution in [1.82, 2.24) is 10.2 Å². The minimum atomic E-state index is 0.834. The van der Waals surface area contributed by atoms with Crippen molar-refractivity contribution >= 4 is 0 Å². The number of nitrogens with zero attached hydrogens (tertiary/aromatic N) is 1. The molecule has 2 aliphatic rings. The average Bonchev–Trinajstić information content (AvgIpc) is 3.06. The number of rotatable bonds is 3. The summed E-state index contributed by atoms with van der Waals surface area (Å²) in [5, 5.41) is 3.71. The zero-order valence-corrected chi connectivity index (χ0v) is 10.1. The number of piperidine rings is 1. The summed E-state index contributed by atoms with van der Waals surface area (Å²) < 4.78 is 0. The third-order valence-electron chi connectivity index (χ3n) is 3.08. The molecule has 1 aliphatic carbocycles. The Kier molecular flexibility index (Phi) is 5.49. The number of likely N-dealkylation sites (tertiary alicyclic amines) is 1. The number of nitrogens with one attached hydrogen (secondary N) is 1. The highest BCUT2D eigenvalue weighted by atomic mass is 15.1. The van der Waals surface area contributed by atoms with Crippen LogP contribution < -0.4 is 5.32 Å². The molecule has 84 valence electrons. The van der Waals surface area contributed by atoms with Crippen LogP contribution in [0.5, 0.6) is 0 Å². The molecule has 0 aromatic carbocycles. The Morgan fingerprint density at radius 2 is 1.50 bits per heavy atom. The molecule has 2 fully saturated rings. The first-order valence-corrected chi connectivity index (χ1v) is 6.37. The lowest BCUT2D eigenvalue weighted by Crippen LogP contribution is -2.43. The minimum Gasteiger partial charge on any atom is -0.311 e. The summed E-state index contributed by atoms with van der Waals surface area (Å²) in [6.07, 6.45) is 5.58. The molecule has 1 saturated carbocycles. The summed E-state index contributed by atoms with van der Waals surface area (Å²) in [6, 6.07) is 1.73. The van der Waals surface area contributed by atoms with E-state index in [0.717, 1.165) is 12.1 Å². The van der Waals surface area contributed by atoms with E-state index in [1.54, 1.807) is 0 Å². The van der Waals surface area contributed by atoms with Crippen molar-refractivity contribution in [3.05, 3.63) is 0 Å². The average molecular weight is 198 g/mol. The van der Waals surface area contributed by atoms with Gasteiger partial charge < -0.3 is 10.2 Å². The van der Waals surface area contributed by atoms with Crippen molar-refractivity contribution in [3.8, 4) is 0 Å². The fourth-order valence-corrected chi connectivity index (χ4v) is 2.00. The van der Waals surface area contributed by atoms with E-state index in [-0.39, 0.29) is 0 Å². The molecule has 0 atom stereocenters. The van der Waals surface area contributed by atoms with Gasteiger partial charge in [0.15, 0.2) is 0 Å². The summed E-state index contributed by atoms with van der Waals surface area (Å²) in [5.74, 6) is 0. The van der Waals surface area contributed by atoms with Crippen LogP contribution in [0.1, 0.15) is 46.5 Å². The largest absolute Gasteiger partial charge is 0.311 e. The van der Waals surface area contributed by atoms with Crippen LogP contribution in [0, 0.1) is 0 Å². The summed E-state index contributed by atoms with van der Waals surface area (Å²) >= 11 is 0. The van der Waals surface area contributed by atoms with Gasteiger partial charge in [-0.25, -0.2) is 0 Å². The Morgan fingerprint density at radius 3 is 1.93 bits per heavy atom. The van der Waals surface area contributed by atoms with Crippen molar-refractivity contribution in [2.24, 2.45) is 0 Å². The van der Waals surface area contributed by atoms with Gasteiger partial charge in [0.05, 0.1) is 0 Å². The predicted molar refractivity (Wildman–Crippen MR) is 62.6 cm³/mol. The summed E-state index contributed by atoms with van der Waals surface area (Å²) in [4.78, 5) is 2.55. The molecule has 0 amide bonds. The Balaban J connectivity index is 0.000000461. The van der Waals surface area contributed by atoms with Crippen molar-refractivity contribution < 1.29 is 0 Å². The van der Waals surface area contributed by atoms with Gasteiger partial charge >= 0.3 is 0 Å². The standard InChI is InChI=1S/C10H20N2.C2H6/c1-2-12-7-5-10(6-8-12)11-9-3-4-9;1-2/h9-11H,2-8H2,1H3;1-2H3. The molecule has 0 aromatic rings. The van der Waals surface area contributed by atoms with Gasteiger partial charge in [-0.3, -0.25) is 0 Å². The van der Waals surface area contributed by atoms with Crippen LogP contribution in [-0.2, 0) is 0 Å². The second-order valence-corrected chi connectivity index (χ2v) is 4.15. The summed E-state index contributed by atoms with van der Waals surface area (Å²) in [5.41, 5.74) is 0. The molecule has 0 spiro atoms. The first-order valence-electron chi connectivity index (χ1n) is 6.37. The normalized spacial score (nSPS) is 24.2. The number of hydrogen-bond acceptors (Lipinski definition) is 2. The lowest BCUT2D eigenvalue weighted by atomic mass is 10.1. The third kappa shape index (κ3) is 3.97. The van der Waals surface area contributed by atoms with Gasteiger partial charge in [-0.2, -0.15) is 0 Å². The Labute approximate surface area is 89.1 Å². The molecule has 2 heteroatoms. The van der Waals surface area contributed by atoms with E-state index in [1.807, 2.05) is 13.8 Å². The van der Waals surface area contributed by atoms with E-state index >= 15 is 0 Å². The molecule has 0 unspecified atom stereocenters. The smallest absolute Gasteiger partial charge is 0.00940 e. The van der Waals surface area contributed by atoms with E-state index in [2.05, 4.69) is 17.1 Å². The van der Waals surface area contributed by atoms with Crippen LogP contribution in [0.25, 0.3) is 0 Å². The first-order chi connectivity index (χ1) is 6.88. The van der Waals surface area contributed by atoms with Crippen molar-refractivity contribution in [1.29, 1.82) is 0 Å². The quantitative estimate of drug-likeness (QED) is 0.748. The lowest BCUT2D eigenvalue weighted by Gasteiger charge is -2.31. The molecule has 1 aliphatic heterocycles.